The van der Waals surface area contributed by atoms with E-state index in [9.17, 15) is 9.59 Å². The number of rotatable bonds is 5. The van der Waals surface area contributed by atoms with E-state index in [2.05, 4.69) is 16.7 Å². The molecule has 0 saturated carbocycles. The lowest BCUT2D eigenvalue weighted by molar-refractivity contribution is 0.101. The second kappa shape index (κ2) is 11.1. The Kier molecular flexibility index (Phi) is 7.78. The van der Waals surface area contributed by atoms with E-state index in [1.807, 2.05) is 49.4 Å². The Balaban J connectivity index is 1.64. The Hall–Kier alpha value is -3.41. The van der Waals surface area contributed by atoms with E-state index in [1.54, 1.807) is 24.3 Å². The van der Waals surface area contributed by atoms with Gasteiger partial charge >= 0.3 is 0 Å². The molecule has 34 heavy (non-hydrogen) atoms. The molecule has 3 aromatic carbocycles. The van der Waals surface area contributed by atoms with E-state index in [1.165, 1.54) is 5.57 Å². The van der Waals surface area contributed by atoms with Crippen LogP contribution in [0, 0.1) is 6.92 Å². The first kappa shape index (κ1) is 23.7. The maximum atomic E-state index is 13.3. The van der Waals surface area contributed by atoms with Gasteiger partial charge in [0.2, 0.25) is 0 Å². The van der Waals surface area contributed by atoms with E-state index in [0.717, 1.165) is 37.0 Å². The first-order chi connectivity index (χ1) is 16.5. The molecule has 0 spiro atoms. The Morgan fingerprint density at radius 2 is 1.62 bits per heavy atom. The number of nitrogens with one attached hydrogen (secondary N) is 2. The van der Waals surface area contributed by atoms with Gasteiger partial charge in [-0.05, 0) is 73.7 Å². The molecular formula is C28H27ClN2O3. The molecular weight excluding hydrogens is 448 g/mol. The van der Waals surface area contributed by atoms with Crippen LogP contribution in [0.15, 0.2) is 72.3 Å². The van der Waals surface area contributed by atoms with Crippen molar-refractivity contribution >= 4 is 40.9 Å². The first-order valence-electron chi connectivity index (χ1n) is 11.3. The molecule has 174 valence electrons. The number of hydrogen-bond donors (Lipinski definition) is 2. The minimum atomic E-state index is -0.271. The number of hydrogen-bond acceptors (Lipinski definition) is 3. The number of carbonyl (C=O) groups is 2. The van der Waals surface area contributed by atoms with Gasteiger partial charge in [-0.2, -0.15) is 0 Å². The molecule has 1 aliphatic heterocycles. The zero-order valence-corrected chi connectivity index (χ0v) is 19.8. The van der Waals surface area contributed by atoms with Crippen LogP contribution in [0.4, 0.5) is 11.4 Å². The largest absolute Gasteiger partial charge is 0.381 e. The van der Waals surface area contributed by atoms with Gasteiger partial charge in [0, 0.05) is 34.1 Å². The number of halogens is 1. The molecule has 1 heterocycles. The quantitative estimate of drug-likeness (QED) is 0.430. The van der Waals surface area contributed by atoms with Crippen LogP contribution >= 0.6 is 11.6 Å². The first-order valence-corrected chi connectivity index (χ1v) is 11.7. The lowest BCUT2D eigenvalue weighted by atomic mass is 9.99. The average Bonchev–Trinajstić information content (AvgIpc) is 3.11. The van der Waals surface area contributed by atoms with Crippen LogP contribution in [0.5, 0.6) is 0 Å². The summed E-state index contributed by atoms with van der Waals surface area (Å²) in [5, 5.41) is 6.42. The second-order valence-electron chi connectivity index (χ2n) is 8.31. The molecule has 0 radical (unpaired) electrons. The third kappa shape index (κ3) is 6.13. The van der Waals surface area contributed by atoms with Crippen LogP contribution in [0.25, 0.3) is 6.08 Å². The van der Waals surface area contributed by atoms with Crippen molar-refractivity contribution in [2.75, 3.05) is 23.8 Å². The number of ether oxygens (including phenoxy) is 1. The minimum Gasteiger partial charge on any atom is -0.381 e. The molecule has 6 heteroatoms. The lowest BCUT2D eigenvalue weighted by Crippen LogP contribution is -2.16. The minimum absolute atomic E-state index is 0.232. The van der Waals surface area contributed by atoms with E-state index < -0.39 is 0 Å². The van der Waals surface area contributed by atoms with Gasteiger partial charge in [0.05, 0.1) is 6.61 Å². The van der Waals surface area contributed by atoms with Gasteiger partial charge < -0.3 is 15.4 Å². The van der Waals surface area contributed by atoms with Crippen molar-refractivity contribution in [3.63, 3.8) is 0 Å². The SMILES string of the molecule is Cc1ccc(NC(=O)c2cc(NC(=O)c3ccccc3)ccc2/C=C2/CCCOCC2)cc1Cl. The Labute approximate surface area is 204 Å². The van der Waals surface area contributed by atoms with Gasteiger partial charge in [0.1, 0.15) is 0 Å². The van der Waals surface area contributed by atoms with Crippen LogP contribution in [0.1, 0.15) is 51.1 Å². The smallest absolute Gasteiger partial charge is 0.256 e. The molecule has 2 N–H and O–H groups in total. The van der Waals surface area contributed by atoms with E-state index in [0.29, 0.717) is 34.1 Å². The molecule has 1 aliphatic rings. The van der Waals surface area contributed by atoms with Crippen molar-refractivity contribution in [3.05, 3.63) is 99.6 Å². The molecule has 0 atom stereocenters. The van der Waals surface area contributed by atoms with Crippen molar-refractivity contribution in [2.45, 2.75) is 26.2 Å². The van der Waals surface area contributed by atoms with Crippen molar-refractivity contribution in [3.8, 4) is 0 Å². The summed E-state index contributed by atoms with van der Waals surface area (Å²) in [6, 6.07) is 19.8. The third-order valence-electron chi connectivity index (χ3n) is 5.74. The van der Waals surface area contributed by atoms with E-state index in [4.69, 9.17) is 16.3 Å². The Morgan fingerprint density at radius 1 is 0.882 bits per heavy atom. The lowest BCUT2D eigenvalue weighted by Gasteiger charge is -2.13. The average molecular weight is 475 g/mol. The van der Waals surface area contributed by atoms with Crippen LogP contribution in [-0.4, -0.2) is 25.0 Å². The highest BCUT2D eigenvalue weighted by Crippen LogP contribution is 2.25. The summed E-state index contributed by atoms with van der Waals surface area (Å²) in [7, 11) is 0. The third-order valence-corrected chi connectivity index (χ3v) is 6.14. The maximum Gasteiger partial charge on any atom is 0.256 e. The number of benzene rings is 3. The van der Waals surface area contributed by atoms with Gasteiger partial charge in [-0.15, -0.1) is 0 Å². The topological polar surface area (TPSA) is 67.4 Å². The summed E-state index contributed by atoms with van der Waals surface area (Å²) in [5.41, 5.74) is 5.16. The Morgan fingerprint density at radius 3 is 2.41 bits per heavy atom. The number of carbonyl (C=O) groups excluding carboxylic acids is 2. The summed E-state index contributed by atoms with van der Waals surface area (Å²) in [5.74, 6) is -0.503. The van der Waals surface area contributed by atoms with Crippen molar-refractivity contribution in [1.82, 2.24) is 0 Å². The summed E-state index contributed by atoms with van der Waals surface area (Å²) in [4.78, 5) is 26.0. The zero-order valence-electron chi connectivity index (χ0n) is 19.1. The maximum absolute atomic E-state index is 13.3. The predicted molar refractivity (Wildman–Crippen MR) is 138 cm³/mol. The summed E-state index contributed by atoms with van der Waals surface area (Å²) in [6.07, 6.45) is 4.79. The van der Waals surface area contributed by atoms with Gasteiger partial charge in [0.15, 0.2) is 0 Å². The van der Waals surface area contributed by atoms with Gasteiger partial charge in [-0.1, -0.05) is 53.6 Å². The molecule has 5 nitrogen and oxygen atoms in total. The Bertz CT molecular complexity index is 1210. The van der Waals surface area contributed by atoms with Gasteiger partial charge in [-0.3, -0.25) is 9.59 Å². The number of aryl methyl sites for hydroxylation is 1. The van der Waals surface area contributed by atoms with Crippen molar-refractivity contribution in [2.24, 2.45) is 0 Å². The summed E-state index contributed by atoms with van der Waals surface area (Å²) in [6.45, 7) is 3.34. The second-order valence-corrected chi connectivity index (χ2v) is 8.72. The van der Waals surface area contributed by atoms with Gasteiger partial charge in [0.25, 0.3) is 11.8 Å². The fourth-order valence-corrected chi connectivity index (χ4v) is 3.99. The highest BCUT2D eigenvalue weighted by molar-refractivity contribution is 6.31. The zero-order chi connectivity index (χ0) is 23.9. The molecule has 0 bridgehead atoms. The standard InChI is InChI=1S/C28H27ClN2O3/c1-19-9-11-24(18-26(19)29)31-28(33)25-17-23(30-27(32)21-7-3-2-4-8-21)12-10-22(25)16-20-6-5-14-34-15-13-20/h2-4,7-12,16-18H,5-6,13-15H2,1H3,(H,30,32)(H,31,33)/b20-16-. The molecule has 4 rings (SSSR count). The molecule has 0 unspecified atom stereocenters. The monoisotopic (exact) mass is 474 g/mol. The van der Waals surface area contributed by atoms with Crippen LogP contribution < -0.4 is 10.6 Å². The molecule has 0 aromatic heterocycles. The van der Waals surface area contributed by atoms with E-state index >= 15 is 0 Å². The van der Waals surface area contributed by atoms with E-state index in [-0.39, 0.29) is 11.8 Å². The fraction of sp³-hybridized carbons (Fsp3) is 0.214. The van der Waals surface area contributed by atoms with Gasteiger partial charge in [-0.25, -0.2) is 0 Å². The molecule has 3 aromatic rings. The van der Waals surface area contributed by atoms with Crippen molar-refractivity contribution < 1.29 is 14.3 Å². The molecule has 2 amide bonds. The summed E-state index contributed by atoms with van der Waals surface area (Å²) >= 11 is 6.24. The predicted octanol–water partition coefficient (Wildman–Crippen LogP) is 6.74. The number of amides is 2. The van der Waals surface area contributed by atoms with Crippen LogP contribution in [0.3, 0.4) is 0 Å². The molecule has 1 fully saturated rings. The van der Waals surface area contributed by atoms with Crippen LogP contribution in [0.2, 0.25) is 5.02 Å². The summed E-state index contributed by atoms with van der Waals surface area (Å²) < 4.78 is 5.56. The fourth-order valence-electron chi connectivity index (χ4n) is 3.81. The number of anilines is 2. The highest BCUT2D eigenvalue weighted by atomic mass is 35.5. The molecule has 1 saturated heterocycles. The van der Waals surface area contributed by atoms with Crippen LogP contribution in [-0.2, 0) is 4.74 Å². The normalized spacial score (nSPS) is 14.9. The van der Waals surface area contributed by atoms with Crippen molar-refractivity contribution in [1.29, 1.82) is 0 Å². The molecule has 0 aliphatic carbocycles. The highest BCUT2D eigenvalue weighted by Gasteiger charge is 2.15.